The zero-order valence-electron chi connectivity index (χ0n) is 17.1. The summed E-state index contributed by atoms with van der Waals surface area (Å²) < 4.78 is 4.92. The van der Waals surface area contributed by atoms with E-state index in [1.807, 2.05) is 37.1 Å². The summed E-state index contributed by atoms with van der Waals surface area (Å²) >= 11 is 0. The van der Waals surface area contributed by atoms with Crippen LogP contribution in [0.2, 0.25) is 0 Å². The fourth-order valence-electron chi connectivity index (χ4n) is 1.81. The minimum Gasteiger partial charge on any atom is -0.495 e. The second-order valence-corrected chi connectivity index (χ2v) is 5.41. The Kier molecular flexibility index (Phi) is 17.4. The van der Waals surface area contributed by atoms with Crippen molar-refractivity contribution in [2.24, 2.45) is 0 Å². The molecule has 1 heterocycles. The van der Waals surface area contributed by atoms with Crippen molar-refractivity contribution in [3.8, 4) is 5.75 Å². The quantitative estimate of drug-likeness (QED) is 0.799. The molecule has 0 atom stereocenters. The number of anilines is 1. The van der Waals surface area contributed by atoms with Gasteiger partial charge in [-0.15, -0.1) is 0 Å². The minimum atomic E-state index is 0.0227. The molecule has 3 N–H and O–H groups in total. The number of carbonyl (C=O) groups is 1. The Hall–Kier alpha value is -1.79. The van der Waals surface area contributed by atoms with E-state index in [1.165, 1.54) is 6.42 Å². The van der Waals surface area contributed by atoms with Crippen LogP contribution in [0.5, 0.6) is 5.75 Å². The van der Waals surface area contributed by atoms with Gasteiger partial charge in [0.05, 0.1) is 12.8 Å². The number of likely N-dealkylation sites (N-methyl/N-ethyl adjacent to an activating group) is 1. The summed E-state index contributed by atoms with van der Waals surface area (Å²) in [5.41, 5.74) is 8.96. The van der Waals surface area contributed by atoms with Gasteiger partial charge in [-0.05, 0) is 19.2 Å². The van der Waals surface area contributed by atoms with Crippen molar-refractivity contribution in [1.29, 1.82) is 0 Å². The number of amides is 1. The lowest BCUT2D eigenvalue weighted by Crippen LogP contribution is -2.52. The van der Waals surface area contributed by atoms with Gasteiger partial charge in [-0.1, -0.05) is 46.2 Å². The van der Waals surface area contributed by atoms with Crippen LogP contribution in [-0.4, -0.2) is 56.2 Å². The fraction of sp³-hybridized carbons (Fsp3) is 0.632. The van der Waals surface area contributed by atoms with Crippen LogP contribution in [-0.2, 0) is 4.79 Å². The third-order valence-electron chi connectivity index (χ3n) is 2.96. The molecule has 0 radical (unpaired) electrons. The van der Waals surface area contributed by atoms with Crippen molar-refractivity contribution in [1.82, 2.24) is 15.3 Å². The van der Waals surface area contributed by atoms with Crippen molar-refractivity contribution >= 4 is 11.6 Å². The molecule has 2 rings (SSSR count). The minimum absolute atomic E-state index is 0.0227. The number of nitrogens with one attached hydrogen (secondary N) is 1. The second kappa shape index (κ2) is 17.0. The van der Waals surface area contributed by atoms with E-state index in [0.717, 1.165) is 31.9 Å². The zero-order valence-corrected chi connectivity index (χ0v) is 17.1. The number of piperazine rings is 1. The molecular formula is C19H38N4O2. The smallest absolute Gasteiger partial charge is 0.231 e. The first kappa shape index (κ1) is 25.5. The van der Waals surface area contributed by atoms with Gasteiger partial charge in [-0.2, -0.15) is 0 Å². The molecule has 0 spiro atoms. The molecule has 1 aliphatic heterocycles. The van der Waals surface area contributed by atoms with Gasteiger partial charge in [-0.3, -0.25) is 10.2 Å². The standard InChI is InChI=1S/C7H15N3O.C7H9NO.C3H8.C2H6/c1-7(11)8-10-5-3-9(2)4-6-10;1-9-7-5-3-2-4-6(7)8;1-3-2;1-2/h3-6H2,1-2H3,(H,8,11);2-5H,8H2,1H3;3H2,1-2H3;1-2H3. The normalized spacial score (nSPS) is 13.7. The number of benzene rings is 1. The number of methoxy groups -OCH3 is 1. The van der Waals surface area contributed by atoms with Crippen LogP contribution in [0.4, 0.5) is 5.69 Å². The Morgan fingerprint density at radius 2 is 1.64 bits per heavy atom. The van der Waals surface area contributed by atoms with Crippen LogP contribution in [0.3, 0.4) is 0 Å². The van der Waals surface area contributed by atoms with E-state index in [0.29, 0.717) is 5.69 Å². The molecule has 1 saturated heterocycles. The van der Waals surface area contributed by atoms with Gasteiger partial charge in [0, 0.05) is 33.1 Å². The Bertz CT molecular complexity index is 433. The van der Waals surface area contributed by atoms with Crippen molar-refractivity contribution in [2.75, 3.05) is 46.1 Å². The number of hydrogen-bond acceptors (Lipinski definition) is 5. The van der Waals surface area contributed by atoms with Crippen molar-refractivity contribution in [3.63, 3.8) is 0 Å². The Labute approximate surface area is 154 Å². The number of nitrogens with two attached hydrogens (primary N) is 1. The molecule has 146 valence electrons. The highest BCUT2D eigenvalue weighted by Gasteiger charge is 2.13. The van der Waals surface area contributed by atoms with E-state index in [2.05, 4.69) is 31.2 Å². The number of hydrazine groups is 1. The highest BCUT2D eigenvalue weighted by Crippen LogP contribution is 2.18. The Morgan fingerprint density at radius 3 is 2.00 bits per heavy atom. The SMILES string of the molecule is CC.CC(=O)NN1CCN(C)CC1.CCC.COc1ccccc1N. The van der Waals surface area contributed by atoms with E-state index < -0.39 is 0 Å². The lowest BCUT2D eigenvalue weighted by Gasteiger charge is -2.31. The summed E-state index contributed by atoms with van der Waals surface area (Å²) in [6, 6.07) is 7.39. The summed E-state index contributed by atoms with van der Waals surface area (Å²) in [5, 5.41) is 1.96. The lowest BCUT2D eigenvalue weighted by atomic mass is 10.3. The molecule has 1 amide bonds. The third kappa shape index (κ3) is 14.3. The van der Waals surface area contributed by atoms with E-state index in [1.54, 1.807) is 20.1 Å². The van der Waals surface area contributed by atoms with E-state index >= 15 is 0 Å². The van der Waals surface area contributed by atoms with Crippen LogP contribution in [0, 0.1) is 0 Å². The average Bonchev–Trinajstić information content (AvgIpc) is 2.60. The molecule has 1 aliphatic rings. The maximum absolute atomic E-state index is 10.6. The van der Waals surface area contributed by atoms with Crippen LogP contribution in [0.15, 0.2) is 24.3 Å². The molecular weight excluding hydrogens is 316 g/mol. The van der Waals surface area contributed by atoms with Gasteiger partial charge in [0.25, 0.3) is 0 Å². The molecule has 6 nitrogen and oxygen atoms in total. The number of hydrogen-bond donors (Lipinski definition) is 2. The molecule has 25 heavy (non-hydrogen) atoms. The number of ether oxygens (including phenoxy) is 1. The van der Waals surface area contributed by atoms with E-state index in [9.17, 15) is 4.79 Å². The summed E-state index contributed by atoms with van der Waals surface area (Å²) in [6.07, 6.45) is 1.25. The van der Waals surface area contributed by atoms with Crippen LogP contribution < -0.4 is 15.9 Å². The topological polar surface area (TPSA) is 70.8 Å². The summed E-state index contributed by atoms with van der Waals surface area (Å²) in [6.45, 7) is 13.7. The molecule has 0 aliphatic carbocycles. The lowest BCUT2D eigenvalue weighted by molar-refractivity contribution is -0.124. The fourth-order valence-corrected chi connectivity index (χ4v) is 1.81. The van der Waals surface area contributed by atoms with Gasteiger partial charge < -0.3 is 15.4 Å². The number of nitrogen functional groups attached to an aromatic ring is 1. The third-order valence-corrected chi connectivity index (χ3v) is 2.96. The second-order valence-electron chi connectivity index (χ2n) is 5.41. The van der Waals surface area contributed by atoms with Gasteiger partial charge in [0.2, 0.25) is 5.91 Å². The molecule has 1 aromatic carbocycles. The molecule has 1 aromatic rings. The van der Waals surface area contributed by atoms with Gasteiger partial charge in [-0.25, -0.2) is 5.01 Å². The van der Waals surface area contributed by atoms with E-state index in [4.69, 9.17) is 10.5 Å². The maximum atomic E-state index is 10.6. The van der Waals surface area contributed by atoms with Crippen LogP contribution >= 0.6 is 0 Å². The number of carbonyl (C=O) groups excluding carboxylic acids is 1. The van der Waals surface area contributed by atoms with Crippen LogP contribution in [0.1, 0.15) is 41.0 Å². The molecule has 0 unspecified atom stereocenters. The molecule has 0 saturated carbocycles. The first-order valence-corrected chi connectivity index (χ1v) is 9.03. The Balaban J connectivity index is 0. The van der Waals surface area contributed by atoms with Gasteiger partial charge >= 0.3 is 0 Å². The monoisotopic (exact) mass is 354 g/mol. The highest BCUT2D eigenvalue weighted by atomic mass is 16.5. The molecule has 1 fully saturated rings. The maximum Gasteiger partial charge on any atom is 0.231 e. The molecule has 6 heteroatoms. The summed E-state index contributed by atoms with van der Waals surface area (Å²) in [4.78, 5) is 12.9. The summed E-state index contributed by atoms with van der Waals surface area (Å²) in [5.74, 6) is 0.757. The predicted octanol–water partition coefficient (Wildman–Crippen LogP) is 3.00. The first-order valence-electron chi connectivity index (χ1n) is 9.03. The predicted molar refractivity (Wildman–Crippen MR) is 108 cm³/mol. The number of para-hydroxylation sites is 2. The van der Waals surface area contributed by atoms with Gasteiger partial charge in [0.15, 0.2) is 0 Å². The summed E-state index contributed by atoms with van der Waals surface area (Å²) in [7, 11) is 3.69. The molecule has 0 bridgehead atoms. The van der Waals surface area contributed by atoms with Crippen LogP contribution in [0.25, 0.3) is 0 Å². The first-order chi connectivity index (χ1) is 11.9. The average molecular weight is 355 g/mol. The van der Waals surface area contributed by atoms with Crippen molar-refractivity contribution in [3.05, 3.63) is 24.3 Å². The Morgan fingerprint density at radius 1 is 1.16 bits per heavy atom. The van der Waals surface area contributed by atoms with E-state index in [-0.39, 0.29) is 5.91 Å². The highest BCUT2D eigenvalue weighted by molar-refractivity contribution is 5.72. The van der Waals surface area contributed by atoms with Gasteiger partial charge in [0.1, 0.15) is 5.75 Å². The van der Waals surface area contributed by atoms with Crippen molar-refractivity contribution in [2.45, 2.75) is 41.0 Å². The number of nitrogens with zero attached hydrogens (tertiary/aromatic N) is 2. The van der Waals surface area contributed by atoms with Crippen molar-refractivity contribution < 1.29 is 9.53 Å². The molecule has 0 aromatic heterocycles. The number of rotatable bonds is 2. The zero-order chi connectivity index (χ0) is 19.7. The largest absolute Gasteiger partial charge is 0.495 e.